The molecule has 178 valence electrons. The van der Waals surface area contributed by atoms with Gasteiger partial charge in [0.15, 0.2) is 10.9 Å². The minimum atomic E-state index is -3.57. The summed E-state index contributed by atoms with van der Waals surface area (Å²) in [5.74, 6) is 0.981. The Kier molecular flexibility index (Phi) is 7.01. The normalized spacial score (nSPS) is 11.8. The first kappa shape index (κ1) is 23.9. The number of sulfonamides is 1. The zero-order valence-corrected chi connectivity index (χ0v) is 20.7. The van der Waals surface area contributed by atoms with Crippen molar-refractivity contribution in [3.8, 4) is 17.2 Å². The topological polar surface area (TPSA) is 102 Å². The van der Waals surface area contributed by atoms with Gasteiger partial charge in [-0.2, -0.15) is 4.31 Å². The molecule has 10 heteroatoms. The van der Waals surface area contributed by atoms with Crippen LogP contribution in [0.2, 0.25) is 0 Å². The predicted octanol–water partition coefficient (Wildman–Crippen LogP) is 5.24. The van der Waals surface area contributed by atoms with Crippen molar-refractivity contribution in [1.29, 1.82) is 0 Å². The van der Waals surface area contributed by atoms with Crippen LogP contribution in [0.15, 0.2) is 63.2 Å². The number of fused-ring (bicyclic) bond motifs is 1. The van der Waals surface area contributed by atoms with Gasteiger partial charge in [0.2, 0.25) is 10.0 Å². The molecule has 0 unspecified atom stereocenters. The van der Waals surface area contributed by atoms with Gasteiger partial charge in [-0.15, -0.1) is 11.3 Å². The molecule has 0 spiro atoms. The molecule has 0 saturated heterocycles. The van der Waals surface area contributed by atoms with Crippen LogP contribution in [0.3, 0.4) is 0 Å². The molecular formula is C24H25N3O5S2. The molecule has 4 aromatic rings. The van der Waals surface area contributed by atoms with Crippen molar-refractivity contribution in [2.24, 2.45) is 0 Å². The van der Waals surface area contributed by atoms with E-state index >= 15 is 0 Å². The Morgan fingerprint density at radius 1 is 1.09 bits per heavy atom. The number of amides is 1. The molecule has 0 aliphatic heterocycles. The van der Waals surface area contributed by atoms with Crippen molar-refractivity contribution < 1.29 is 22.4 Å². The number of furan rings is 1. The molecule has 34 heavy (non-hydrogen) atoms. The molecule has 0 aliphatic rings. The van der Waals surface area contributed by atoms with Crippen molar-refractivity contribution >= 4 is 43.4 Å². The lowest BCUT2D eigenvalue weighted by atomic mass is 10.2. The van der Waals surface area contributed by atoms with E-state index in [0.717, 1.165) is 16.7 Å². The summed E-state index contributed by atoms with van der Waals surface area (Å²) >= 11 is 1.28. The average Bonchev–Trinajstić information content (AvgIpc) is 3.46. The number of anilines is 1. The van der Waals surface area contributed by atoms with Crippen molar-refractivity contribution in [3.05, 3.63) is 59.5 Å². The zero-order chi connectivity index (χ0) is 24.3. The monoisotopic (exact) mass is 499 g/mol. The molecule has 1 N–H and O–H groups in total. The summed E-state index contributed by atoms with van der Waals surface area (Å²) in [6.45, 7) is 6.85. The first-order valence-corrected chi connectivity index (χ1v) is 13.2. The van der Waals surface area contributed by atoms with E-state index in [4.69, 9.17) is 9.15 Å². The lowest BCUT2D eigenvalue weighted by molar-refractivity contribution is 0.102. The second-order valence-corrected chi connectivity index (χ2v) is 10.1. The summed E-state index contributed by atoms with van der Waals surface area (Å²) in [4.78, 5) is 17.3. The minimum Gasteiger partial charge on any atom is -0.494 e. The Morgan fingerprint density at radius 2 is 1.82 bits per heavy atom. The Morgan fingerprint density at radius 3 is 2.50 bits per heavy atom. The molecule has 1 amide bonds. The van der Waals surface area contributed by atoms with E-state index in [1.807, 2.05) is 31.2 Å². The number of carbonyl (C=O) groups excluding carboxylic acids is 1. The maximum absolute atomic E-state index is 12.7. The largest absolute Gasteiger partial charge is 0.494 e. The van der Waals surface area contributed by atoms with Gasteiger partial charge in [0, 0.05) is 29.4 Å². The number of nitrogens with one attached hydrogen (secondary N) is 1. The summed E-state index contributed by atoms with van der Waals surface area (Å²) < 4.78 is 38.0. The summed E-state index contributed by atoms with van der Waals surface area (Å²) in [5, 5.41) is 5.87. The van der Waals surface area contributed by atoms with Gasteiger partial charge in [0.25, 0.3) is 5.91 Å². The summed E-state index contributed by atoms with van der Waals surface area (Å²) in [6.07, 6.45) is 0. The molecule has 4 rings (SSSR count). The van der Waals surface area contributed by atoms with Crippen LogP contribution in [0.25, 0.3) is 22.4 Å². The van der Waals surface area contributed by atoms with Crippen LogP contribution in [-0.4, -0.2) is 43.3 Å². The van der Waals surface area contributed by atoms with Crippen LogP contribution in [0, 0.1) is 0 Å². The van der Waals surface area contributed by atoms with Crippen LogP contribution in [0.5, 0.6) is 5.75 Å². The Hall–Kier alpha value is -3.21. The standard InChI is InChI=1S/C24H25N3O5S2/c1-4-27(5-2)34(29,30)19-10-7-16(8-11-19)23(28)26-24-25-20(15-33-24)22-14-17-13-18(31-6-3)9-12-21(17)32-22/h7-15H,4-6H2,1-3H3,(H,25,26,28). The summed E-state index contributed by atoms with van der Waals surface area (Å²) in [6, 6.07) is 13.4. The van der Waals surface area contributed by atoms with Crippen molar-refractivity contribution in [2.45, 2.75) is 25.7 Å². The van der Waals surface area contributed by atoms with Crippen LogP contribution in [-0.2, 0) is 10.0 Å². The average molecular weight is 500 g/mol. The third-order valence-corrected chi connectivity index (χ3v) is 8.06. The van der Waals surface area contributed by atoms with E-state index in [9.17, 15) is 13.2 Å². The predicted molar refractivity (Wildman–Crippen MR) is 133 cm³/mol. The number of benzene rings is 2. The molecule has 2 aromatic heterocycles. The maximum atomic E-state index is 12.7. The number of hydrogen-bond donors (Lipinski definition) is 1. The second-order valence-electron chi connectivity index (χ2n) is 7.35. The van der Waals surface area contributed by atoms with Crippen LogP contribution >= 0.6 is 11.3 Å². The van der Waals surface area contributed by atoms with Gasteiger partial charge in [-0.3, -0.25) is 10.1 Å². The van der Waals surface area contributed by atoms with Crippen molar-refractivity contribution in [1.82, 2.24) is 9.29 Å². The first-order chi connectivity index (χ1) is 16.3. The molecule has 2 heterocycles. The molecule has 0 fully saturated rings. The summed E-state index contributed by atoms with van der Waals surface area (Å²) in [7, 11) is -3.57. The zero-order valence-electron chi connectivity index (χ0n) is 19.1. The molecular weight excluding hydrogens is 474 g/mol. The molecule has 0 aliphatic carbocycles. The van der Waals surface area contributed by atoms with Gasteiger partial charge < -0.3 is 9.15 Å². The van der Waals surface area contributed by atoms with Crippen molar-refractivity contribution in [2.75, 3.05) is 25.0 Å². The van der Waals surface area contributed by atoms with Crippen LogP contribution in [0.4, 0.5) is 5.13 Å². The molecule has 0 saturated carbocycles. The fourth-order valence-electron chi connectivity index (χ4n) is 3.51. The van der Waals surface area contributed by atoms with E-state index in [1.54, 1.807) is 19.2 Å². The number of aromatic nitrogens is 1. The molecule has 0 atom stereocenters. The maximum Gasteiger partial charge on any atom is 0.257 e. The highest BCUT2D eigenvalue weighted by molar-refractivity contribution is 7.89. The third-order valence-electron chi connectivity index (χ3n) is 5.24. The molecule has 0 radical (unpaired) electrons. The quantitative estimate of drug-likeness (QED) is 0.338. The van der Waals surface area contributed by atoms with Gasteiger partial charge >= 0.3 is 0 Å². The van der Waals surface area contributed by atoms with E-state index in [0.29, 0.717) is 41.8 Å². The van der Waals surface area contributed by atoms with Crippen LogP contribution < -0.4 is 10.1 Å². The fourth-order valence-corrected chi connectivity index (χ4v) is 5.66. The SMILES string of the molecule is CCOc1ccc2oc(-c3csc(NC(=O)c4ccc(S(=O)(=O)N(CC)CC)cc4)n3)cc2c1. The van der Waals surface area contributed by atoms with E-state index in [-0.39, 0.29) is 10.8 Å². The highest BCUT2D eigenvalue weighted by Gasteiger charge is 2.22. The first-order valence-electron chi connectivity index (χ1n) is 10.9. The van der Waals surface area contributed by atoms with Gasteiger partial charge in [0.1, 0.15) is 17.0 Å². The number of thiazole rings is 1. The number of hydrogen-bond acceptors (Lipinski definition) is 7. The van der Waals surface area contributed by atoms with E-state index < -0.39 is 10.0 Å². The fraction of sp³-hybridized carbons (Fsp3) is 0.250. The van der Waals surface area contributed by atoms with Gasteiger partial charge in [-0.25, -0.2) is 13.4 Å². The number of carbonyl (C=O) groups is 1. The highest BCUT2D eigenvalue weighted by atomic mass is 32.2. The summed E-state index contributed by atoms with van der Waals surface area (Å²) in [5.41, 5.74) is 1.66. The highest BCUT2D eigenvalue weighted by Crippen LogP contribution is 2.32. The van der Waals surface area contributed by atoms with Gasteiger partial charge in [-0.1, -0.05) is 13.8 Å². The van der Waals surface area contributed by atoms with Gasteiger partial charge in [0.05, 0.1) is 11.5 Å². The second kappa shape index (κ2) is 9.96. The molecule has 8 nitrogen and oxygen atoms in total. The van der Waals surface area contributed by atoms with E-state index in [2.05, 4.69) is 10.3 Å². The van der Waals surface area contributed by atoms with E-state index in [1.165, 1.54) is 39.9 Å². The lowest BCUT2D eigenvalue weighted by Crippen LogP contribution is -2.30. The van der Waals surface area contributed by atoms with Crippen molar-refractivity contribution in [3.63, 3.8) is 0 Å². The molecule has 0 bridgehead atoms. The lowest BCUT2D eigenvalue weighted by Gasteiger charge is -2.18. The minimum absolute atomic E-state index is 0.154. The third kappa shape index (κ3) is 4.84. The molecule has 2 aromatic carbocycles. The van der Waals surface area contributed by atoms with Crippen LogP contribution in [0.1, 0.15) is 31.1 Å². The Labute approximate surface area is 202 Å². The number of nitrogens with zero attached hydrogens (tertiary/aromatic N) is 2. The smallest absolute Gasteiger partial charge is 0.257 e. The Balaban J connectivity index is 1.48. The number of rotatable bonds is 9. The Bertz CT molecular complexity index is 1400. The number of ether oxygens (including phenoxy) is 1. The van der Waals surface area contributed by atoms with Gasteiger partial charge in [-0.05, 0) is 55.5 Å².